The number of aromatic nitrogens is 1. The molecule has 3 rings (SSSR count). The third-order valence-corrected chi connectivity index (χ3v) is 22.1. The lowest BCUT2D eigenvalue weighted by Crippen LogP contribution is -2.62. The number of rotatable bonds is 70. The number of carboxylic acid groups (broad SMARTS) is 3. The summed E-state index contributed by atoms with van der Waals surface area (Å²) < 4.78 is 0. The Morgan fingerprint density at radius 2 is 0.737 bits per heavy atom. The Morgan fingerprint density at radius 3 is 1.17 bits per heavy atom. The van der Waals surface area contributed by atoms with Gasteiger partial charge in [-0.3, -0.25) is 86.3 Å². The van der Waals surface area contributed by atoms with E-state index in [4.69, 9.17) is 57.3 Å². The maximum absolute atomic E-state index is 15.1. The summed E-state index contributed by atoms with van der Waals surface area (Å²) in [5.41, 5.74) is 58.4. The second-order valence-electron chi connectivity index (χ2n) is 33.7. The summed E-state index contributed by atoms with van der Waals surface area (Å²) in [5.74, 6) is -21.9. The van der Waals surface area contributed by atoms with Crippen LogP contribution in [0.4, 0.5) is 0 Å². The molecule has 1 aromatic heterocycles. The molecule has 0 saturated carbocycles. The zero-order valence-corrected chi connectivity index (χ0v) is 76.3. The van der Waals surface area contributed by atoms with Gasteiger partial charge in [-0.25, -0.2) is 4.79 Å². The number of benzene rings is 1. The molecular weight excluding hydrogens is 1740 g/mol. The standard InChI is InChI=1S/C85H145N25O23/c1-47(2)41-60(104-74(121)53(24-7-14-34-87)97-71(118)51(93)22-6-13-33-86)78(125)108-64(44-67(95)113)84(131)110-40-20-30-65(110)82(129)102-57(28-11-18-38-91)77(124)109-70(48(3)111)83(130)107-62(43-66(94)112)80(127)99-56(27-10-17-37-90)75(122)105-61(42-49-46-96-52-23-5-4-21-50(49)52)79(126)101-58(31-32-68(114)115)76(123)106-63(45-69(116)117)81(128)100-54(25-8-15-35-88)72(119)98-55(26-9-16-36-89)73(120)103-59(85(132)133)29-12-19-39-92/h4-5,21,23,46-48,51,53-65,70,96,111H,6-20,22,24-45,86-93H2,1-3H3,(H2,94,112)(H2,95,113)(H,97,118)(H,98,119)(H,99,127)(H,100,128)(H,101,126)(H,102,129)(H,103,120)(H,104,121)(H,105,122)(H,106,123)(H,107,130)(H,108,125)(H,109,124)(H,114,115)(H,116,117)(H,132,133)/t48-,51+,53+,54+,55+,56+,57+,58+,59+,60+,61+,62+,63+,64+,65+,70+/m1/s1. The fourth-order valence-corrected chi connectivity index (χ4v) is 14.8. The van der Waals surface area contributed by atoms with Crippen LogP contribution in [0.1, 0.15) is 213 Å². The number of nitrogens with one attached hydrogen (secondary N) is 14. The highest BCUT2D eigenvalue weighted by Gasteiger charge is 2.43. The number of aliphatic hydroxyl groups is 1. The van der Waals surface area contributed by atoms with Gasteiger partial charge in [-0.1, -0.05) is 38.5 Å². The number of aliphatic hydroxyl groups excluding tert-OH is 1. The van der Waals surface area contributed by atoms with Gasteiger partial charge in [-0.15, -0.1) is 0 Å². The third kappa shape index (κ3) is 42.8. The molecule has 0 bridgehead atoms. The van der Waals surface area contributed by atoms with Gasteiger partial charge >= 0.3 is 17.9 Å². The van der Waals surface area contributed by atoms with Crippen molar-refractivity contribution < 1.29 is 112 Å². The summed E-state index contributed by atoms with van der Waals surface area (Å²) in [7, 11) is 0. The van der Waals surface area contributed by atoms with Crippen molar-refractivity contribution in [3.8, 4) is 0 Å². The molecule has 0 radical (unpaired) electrons. The minimum Gasteiger partial charge on any atom is -0.481 e. The summed E-state index contributed by atoms with van der Waals surface area (Å²) in [6.45, 7) is 5.81. The van der Waals surface area contributed by atoms with E-state index in [1.165, 1.54) is 6.20 Å². The lowest BCUT2D eigenvalue weighted by atomic mass is 10.0. The van der Waals surface area contributed by atoms with Gasteiger partial charge in [-0.05, 0) is 224 Å². The molecule has 748 valence electrons. The molecule has 0 aliphatic carbocycles. The van der Waals surface area contributed by atoms with E-state index in [2.05, 4.69) is 74.1 Å². The number of hydrogen-bond donors (Lipinski definition) is 28. The zero-order chi connectivity index (χ0) is 99.4. The number of aromatic amines is 1. The van der Waals surface area contributed by atoms with Crippen molar-refractivity contribution in [3.63, 3.8) is 0 Å². The first-order valence-electron chi connectivity index (χ1n) is 45.6. The number of aliphatic carboxylic acids is 3. The molecule has 0 spiro atoms. The largest absolute Gasteiger partial charge is 0.481 e. The van der Waals surface area contributed by atoms with Crippen molar-refractivity contribution in [2.45, 2.75) is 310 Å². The molecule has 2 aromatic rings. The summed E-state index contributed by atoms with van der Waals surface area (Å²) >= 11 is 0. The van der Waals surface area contributed by atoms with Crippen LogP contribution < -0.4 is 126 Å². The number of unbranched alkanes of at least 4 members (excludes halogenated alkanes) is 7. The number of fused-ring (bicyclic) bond motifs is 1. The van der Waals surface area contributed by atoms with Gasteiger partial charge in [0.05, 0.1) is 31.4 Å². The lowest BCUT2D eigenvalue weighted by Gasteiger charge is -2.31. The zero-order valence-electron chi connectivity index (χ0n) is 76.3. The smallest absolute Gasteiger partial charge is 0.326 e. The van der Waals surface area contributed by atoms with Crippen molar-refractivity contribution in [2.24, 2.45) is 63.3 Å². The van der Waals surface area contributed by atoms with Gasteiger partial charge in [0.25, 0.3) is 0 Å². The number of H-pyrrole nitrogens is 1. The summed E-state index contributed by atoms with van der Waals surface area (Å²) in [5, 5.41) is 74.0. The van der Waals surface area contributed by atoms with Crippen molar-refractivity contribution >= 4 is 123 Å². The number of para-hydroxylation sites is 1. The topological polar surface area (TPSA) is 841 Å². The fourth-order valence-electron chi connectivity index (χ4n) is 14.8. The third-order valence-electron chi connectivity index (χ3n) is 22.1. The van der Waals surface area contributed by atoms with Crippen LogP contribution in [0.25, 0.3) is 10.9 Å². The molecule has 16 atom stereocenters. The van der Waals surface area contributed by atoms with Gasteiger partial charge in [0.2, 0.25) is 94.5 Å². The number of carbonyl (C=O) groups is 19. The maximum Gasteiger partial charge on any atom is 0.326 e. The number of likely N-dealkylation sites (tertiary alicyclic amines) is 1. The van der Waals surface area contributed by atoms with Crippen LogP contribution in [-0.2, 0) is 97.5 Å². The Bertz CT molecular complexity index is 4140. The summed E-state index contributed by atoms with van der Waals surface area (Å²) in [4.78, 5) is 268. The van der Waals surface area contributed by atoms with Crippen molar-refractivity contribution in [1.29, 1.82) is 0 Å². The SMILES string of the molecule is CC(C)C[C@H](NC(=O)[C@H](CCCCN)NC(=O)[C@@H](N)CCCCN)C(=O)N[C@@H](CC(N)=O)C(=O)N1CCC[C@H]1C(=O)N[C@@H](CCCCN)C(=O)N[C@H](C(=O)N[C@@H](CC(N)=O)C(=O)N[C@@H](CCCCN)C(=O)N[C@@H](Cc1c[nH]c2ccccc12)C(=O)N[C@@H](CCC(=O)O)C(=O)N[C@@H](CC(=O)O)C(=O)N[C@@H](CCCCN)C(=O)N[C@@H](CCCCN)C(=O)N[C@@H](CCCCN)C(=O)O)[C@@H](C)O. The number of nitrogens with two attached hydrogens (primary N) is 10. The molecule has 1 aliphatic heterocycles. The van der Waals surface area contributed by atoms with Crippen LogP contribution in [0.5, 0.6) is 0 Å². The monoisotopic (exact) mass is 1880 g/mol. The van der Waals surface area contributed by atoms with Crippen LogP contribution in [0, 0.1) is 5.92 Å². The first-order valence-corrected chi connectivity index (χ1v) is 45.6. The van der Waals surface area contributed by atoms with E-state index in [9.17, 15) is 102 Å². The van der Waals surface area contributed by atoms with Crippen molar-refractivity contribution in [1.82, 2.24) is 79.0 Å². The van der Waals surface area contributed by atoms with Crippen molar-refractivity contribution in [2.75, 3.05) is 52.4 Å². The van der Waals surface area contributed by atoms with E-state index in [1.807, 2.05) is 0 Å². The van der Waals surface area contributed by atoms with E-state index in [0.29, 0.717) is 74.4 Å². The van der Waals surface area contributed by atoms with Crippen LogP contribution in [0.3, 0.4) is 0 Å². The van der Waals surface area contributed by atoms with E-state index in [0.717, 1.165) is 11.8 Å². The predicted molar refractivity (Wildman–Crippen MR) is 486 cm³/mol. The molecule has 1 saturated heterocycles. The van der Waals surface area contributed by atoms with E-state index in [1.54, 1.807) is 38.1 Å². The van der Waals surface area contributed by atoms with Gasteiger partial charge in [0, 0.05) is 36.5 Å². The Labute approximate surface area is 772 Å². The molecule has 1 aromatic carbocycles. The Kier molecular flexibility index (Phi) is 54.4. The van der Waals surface area contributed by atoms with Gasteiger partial charge in [0.15, 0.2) is 0 Å². The lowest BCUT2D eigenvalue weighted by molar-refractivity contribution is -0.143. The molecule has 2 heterocycles. The Morgan fingerprint density at radius 1 is 0.391 bits per heavy atom. The molecule has 1 fully saturated rings. The molecule has 133 heavy (non-hydrogen) atoms. The normalized spacial score (nSPS) is 15.8. The molecule has 1 aliphatic rings. The average molecular weight is 1890 g/mol. The van der Waals surface area contributed by atoms with Crippen molar-refractivity contribution in [3.05, 3.63) is 36.0 Å². The maximum atomic E-state index is 15.1. The van der Waals surface area contributed by atoms with E-state index < -0.39 is 248 Å². The molecule has 38 N–H and O–H groups in total. The van der Waals surface area contributed by atoms with Crippen LogP contribution >= 0.6 is 0 Å². The molecule has 48 nitrogen and oxygen atoms in total. The predicted octanol–water partition coefficient (Wildman–Crippen LogP) is -7.16. The average Bonchev–Trinajstić information content (AvgIpc) is 1.69. The molecule has 16 amide bonds. The first kappa shape index (κ1) is 115. The molecular formula is C85H145N25O23. The van der Waals surface area contributed by atoms with Gasteiger partial charge in [0.1, 0.15) is 84.6 Å². The fraction of sp³-hybridized carbons (Fsp3) is 0.682. The number of hydrogen-bond acceptors (Lipinski definition) is 28. The summed E-state index contributed by atoms with van der Waals surface area (Å²) in [6.07, 6.45) is -0.944. The quantitative estimate of drug-likeness (QED) is 0.0274. The van der Waals surface area contributed by atoms with E-state index in [-0.39, 0.29) is 154 Å². The van der Waals surface area contributed by atoms with E-state index >= 15 is 9.59 Å². The number of amides is 16. The summed E-state index contributed by atoms with van der Waals surface area (Å²) in [6, 6.07) is -17.5. The highest BCUT2D eigenvalue weighted by molar-refractivity contribution is 6.02. The highest BCUT2D eigenvalue weighted by Crippen LogP contribution is 2.24. The van der Waals surface area contributed by atoms with Crippen LogP contribution in [-0.4, -0.2) is 292 Å². The van der Waals surface area contributed by atoms with Crippen LogP contribution in [0.2, 0.25) is 0 Å². The second kappa shape index (κ2) is 62.7. The van der Waals surface area contributed by atoms with Gasteiger partial charge in [-0.2, -0.15) is 0 Å². The number of carboxylic acids is 3. The van der Waals surface area contributed by atoms with Crippen LogP contribution in [0.15, 0.2) is 30.5 Å². The molecule has 0 unspecified atom stereocenters. The second-order valence-corrected chi connectivity index (χ2v) is 33.7. The highest BCUT2D eigenvalue weighted by atomic mass is 16.4. The minimum atomic E-state index is -2.09. The minimum absolute atomic E-state index is 0.00496. The first-order chi connectivity index (χ1) is 63.2. The number of primary amides is 2. The number of carbonyl (C=O) groups excluding carboxylic acids is 16. The van der Waals surface area contributed by atoms with Gasteiger partial charge < -0.3 is 157 Å². The Hall–Kier alpha value is -11.7. The molecule has 48 heteroatoms. The Balaban J connectivity index is 2.02. The number of nitrogens with zero attached hydrogens (tertiary/aromatic N) is 1.